The highest BCUT2D eigenvalue weighted by Crippen LogP contribution is 2.47. The van der Waals surface area contributed by atoms with Crippen LogP contribution in [0.3, 0.4) is 0 Å². The van der Waals surface area contributed by atoms with Gasteiger partial charge in [0.25, 0.3) is 0 Å². The van der Waals surface area contributed by atoms with E-state index in [1.165, 1.54) is 0 Å². The largest absolute Gasteiger partial charge is 0.481 e. The van der Waals surface area contributed by atoms with E-state index in [9.17, 15) is 9.59 Å². The van der Waals surface area contributed by atoms with E-state index in [1.54, 1.807) is 12.5 Å². The number of imidazole rings is 1. The first-order chi connectivity index (χ1) is 10.1. The van der Waals surface area contributed by atoms with Crippen LogP contribution in [0.4, 0.5) is 0 Å². The molecule has 0 bridgehead atoms. The molecule has 0 radical (unpaired) electrons. The third kappa shape index (κ3) is 2.84. The standard InChI is InChI=1S/C15H19N3O3/c1-18-8-16-7-13(18)11-6-12(11)14(19)17-10-4-2-3-9(5-10)15(20)21/h2,4,7-12H,3,5-6H2,1H3,(H,17,19)(H,20,21)/t9-,10-,11+,12+/m0/s1. The Morgan fingerprint density at radius 2 is 2.24 bits per heavy atom. The van der Waals surface area contributed by atoms with Crippen molar-refractivity contribution in [3.63, 3.8) is 0 Å². The van der Waals surface area contributed by atoms with Crippen LogP contribution < -0.4 is 5.32 Å². The maximum absolute atomic E-state index is 12.2. The lowest BCUT2D eigenvalue weighted by Crippen LogP contribution is -2.38. The highest BCUT2D eigenvalue weighted by molar-refractivity contribution is 5.83. The number of carbonyl (C=O) groups is 2. The molecule has 0 aromatic carbocycles. The highest BCUT2D eigenvalue weighted by Gasteiger charge is 2.45. The van der Waals surface area contributed by atoms with Crippen molar-refractivity contribution in [2.24, 2.45) is 18.9 Å². The zero-order chi connectivity index (χ0) is 15.0. The summed E-state index contributed by atoms with van der Waals surface area (Å²) in [6.45, 7) is 0. The van der Waals surface area contributed by atoms with Crippen LogP contribution in [0.5, 0.6) is 0 Å². The lowest BCUT2D eigenvalue weighted by Gasteiger charge is -2.22. The van der Waals surface area contributed by atoms with E-state index in [2.05, 4.69) is 10.3 Å². The van der Waals surface area contributed by atoms with Crippen LogP contribution in [-0.2, 0) is 16.6 Å². The van der Waals surface area contributed by atoms with Crippen molar-refractivity contribution in [1.29, 1.82) is 0 Å². The third-order valence-electron chi connectivity index (χ3n) is 4.37. The molecule has 2 aliphatic rings. The Morgan fingerprint density at radius 1 is 1.43 bits per heavy atom. The molecule has 1 aromatic rings. The first-order valence-electron chi connectivity index (χ1n) is 7.22. The number of hydrogen-bond donors (Lipinski definition) is 2. The molecule has 1 fully saturated rings. The molecule has 6 nitrogen and oxygen atoms in total. The number of nitrogens with zero attached hydrogens (tertiary/aromatic N) is 2. The van der Waals surface area contributed by atoms with Crippen molar-refractivity contribution >= 4 is 11.9 Å². The fourth-order valence-electron chi connectivity index (χ4n) is 3.02. The van der Waals surface area contributed by atoms with Crippen LogP contribution in [0, 0.1) is 11.8 Å². The number of amides is 1. The zero-order valence-corrected chi connectivity index (χ0v) is 11.9. The minimum atomic E-state index is -0.794. The SMILES string of the molecule is Cn1cncc1[C@@H]1C[C@H]1C(=O)N[C@H]1C=CC[C@H](C(=O)O)C1. The van der Waals surface area contributed by atoms with Crippen molar-refractivity contribution in [3.05, 3.63) is 30.4 Å². The number of carbonyl (C=O) groups excluding carboxylic acids is 1. The molecule has 1 aromatic heterocycles. The maximum Gasteiger partial charge on any atom is 0.306 e. The van der Waals surface area contributed by atoms with Gasteiger partial charge in [0.05, 0.1) is 12.2 Å². The number of allylic oxidation sites excluding steroid dienone is 1. The first-order valence-corrected chi connectivity index (χ1v) is 7.22. The van der Waals surface area contributed by atoms with Crippen LogP contribution >= 0.6 is 0 Å². The number of carboxylic acids is 1. The van der Waals surface area contributed by atoms with Crippen LogP contribution in [0.1, 0.15) is 30.9 Å². The zero-order valence-electron chi connectivity index (χ0n) is 11.9. The molecule has 1 saturated carbocycles. The van der Waals surface area contributed by atoms with Gasteiger partial charge in [0, 0.05) is 36.8 Å². The summed E-state index contributed by atoms with van der Waals surface area (Å²) in [5, 5.41) is 12.0. The first kappa shape index (κ1) is 13.9. The summed E-state index contributed by atoms with van der Waals surface area (Å²) in [5.74, 6) is -0.952. The quantitative estimate of drug-likeness (QED) is 0.812. The van der Waals surface area contributed by atoms with Crippen LogP contribution in [-0.4, -0.2) is 32.6 Å². The van der Waals surface area contributed by atoms with Crippen molar-refractivity contribution in [1.82, 2.24) is 14.9 Å². The van der Waals surface area contributed by atoms with Crippen molar-refractivity contribution in [2.45, 2.75) is 31.2 Å². The van der Waals surface area contributed by atoms with Gasteiger partial charge < -0.3 is 15.0 Å². The summed E-state index contributed by atoms with van der Waals surface area (Å²) in [7, 11) is 1.93. The van der Waals surface area contributed by atoms with E-state index in [4.69, 9.17) is 5.11 Å². The maximum atomic E-state index is 12.2. The van der Waals surface area contributed by atoms with Gasteiger partial charge in [-0.05, 0) is 19.3 Å². The second kappa shape index (κ2) is 5.35. The summed E-state index contributed by atoms with van der Waals surface area (Å²) < 4.78 is 1.94. The summed E-state index contributed by atoms with van der Waals surface area (Å²) in [6, 6.07) is -0.167. The molecule has 2 N–H and O–H groups in total. The van der Waals surface area contributed by atoms with E-state index in [0.717, 1.165) is 12.1 Å². The van der Waals surface area contributed by atoms with E-state index >= 15 is 0 Å². The molecule has 4 atom stereocenters. The lowest BCUT2D eigenvalue weighted by molar-refractivity contribution is -0.142. The molecule has 1 heterocycles. The van der Waals surface area contributed by atoms with Gasteiger partial charge in [0.1, 0.15) is 0 Å². The van der Waals surface area contributed by atoms with Gasteiger partial charge in [-0.1, -0.05) is 12.2 Å². The monoisotopic (exact) mass is 289 g/mol. The van der Waals surface area contributed by atoms with Gasteiger partial charge >= 0.3 is 5.97 Å². The molecule has 112 valence electrons. The van der Waals surface area contributed by atoms with Crippen molar-refractivity contribution < 1.29 is 14.7 Å². The second-order valence-corrected chi connectivity index (χ2v) is 5.93. The predicted molar refractivity (Wildman–Crippen MR) is 75.5 cm³/mol. The molecule has 6 heteroatoms. The van der Waals surface area contributed by atoms with E-state index in [1.807, 2.05) is 23.8 Å². The molecular weight excluding hydrogens is 270 g/mol. The number of aryl methyl sites for hydroxylation is 1. The summed E-state index contributed by atoms with van der Waals surface area (Å²) in [5.41, 5.74) is 1.08. The van der Waals surface area contributed by atoms with Crippen molar-refractivity contribution in [2.75, 3.05) is 0 Å². The highest BCUT2D eigenvalue weighted by atomic mass is 16.4. The molecule has 1 amide bonds. The Hall–Kier alpha value is -2.11. The lowest BCUT2D eigenvalue weighted by atomic mass is 9.91. The Kier molecular flexibility index (Phi) is 3.53. The number of nitrogens with one attached hydrogen (secondary N) is 1. The van der Waals surface area contributed by atoms with Gasteiger partial charge in [-0.2, -0.15) is 0 Å². The fraction of sp³-hybridized carbons (Fsp3) is 0.533. The number of aromatic nitrogens is 2. The van der Waals surface area contributed by atoms with Gasteiger partial charge in [-0.25, -0.2) is 4.98 Å². The molecule has 0 spiro atoms. The van der Waals surface area contributed by atoms with E-state index in [0.29, 0.717) is 12.8 Å². The Morgan fingerprint density at radius 3 is 2.90 bits per heavy atom. The number of carboxylic acid groups (broad SMARTS) is 1. The predicted octanol–water partition coefficient (Wildman–Crippen LogP) is 1.06. The van der Waals surface area contributed by atoms with E-state index in [-0.39, 0.29) is 23.8 Å². The summed E-state index contributed by atoms with van der Waals surface area (Å²) >= 11 is 0. The third-order valence-corrected chi connectivity index (χ3v) is 4.37. The van der Waals surface area contributed by atoms with Crippen molar-refractivity contribution in [3.8, 4) is 0 Å². The molecule has 3 rings (SSSR count). The van der Waals surface area contributed by atoms with Crippen LogP contribution in [0.2, 0.25) is 0 Å². The average Bonchev–Trinajstić information content (AvgIpc) is 3.14. The molecular formula is C15H19N3O3. The van der Waals surface area contributed by atoms with Gasteiger partial charge in [0.2, 0.25) is 5.91 Å². The molecule has 0 aliphatic heterocycles. The van der Waals surface area contributed by atoms with E-state index < -0.39 is 11.9 Å². The van der Waals surface area contributed by atoms with Gasteiger partial charge in [-0.15, -0.1) is 0 Å². The Balaban J connectivity index is 1.56. The topological polar surface area (TPSA) is 84.2 Å². The molecule has 0 saturated heterocycles. The fourth-order valence-corrected chi connectivity index (χ4v) is 3.02. The molecule has 21 heavy (non-hydrogen) atoms. The van der Waals surface area contributed by atoms with Gasteiger partial charge in [0.15, 0.2) is 0 Å². The smallest absolute Gasteiger partial charge is 0.306 e. The van der Waals surface area contributed by atoms with Crippen LogP contribution in [0.15, 0.2) is 24.7 Å². The van der Waals surface area contributed by atoms with Crippen LogP contribution in [0.25, 0.3) is 0 Å². The summed E-state index contributed by atoms with van der Waals surface area (Å²) in [4.78, 5) is 27.3. The summed E-state index contributed by atoms with van der Waals surface area (Å²) in [6.07, 6.45) is 9.15. The molecule has 0 unspecified atom stereocenters. The number of rotatable bonds is 4. The number of aliphatic carboxylic acids is 1. The minimum absolute atomic E-state index is 0.0148. The Bertz CT molecular complexity index is 593. The second-order valence-electron chi connectivity index (χ2n) is 5.93. The normalized spacial score (nSPS) is 30.9. The Labute approximate surface area is 122 Å². The molecule has 2 aliphatic carbocycles. The average molecular weight is 289 g/mol. The number of hydrogen-bond acceptors (Lipinski definition) is 3. The minimum Gasteiger partial charge on any atom is -0.481 e. The van der Waals surface area contributed by atoms with Gasteiger partial charge in [-0.3, -0.25) is 9.59 Å².